The number of nitrogens with zero attached hydrogens (tertiary/aromatic N) is 4. The van der Waals surface area contributed by atoms with Crippen LogP contribution >= 0.6 is 0 Å². The lowest BCUT2D eigenvalue weighted by atomic mass is 9.82. The number of para-hydroxylation sites is 2. The van der Waals surface area contributed by atoms with Crippen LogP contribution in [0.1, 0.15) is 25.0 Å². The van der Waals surface area contributed by atoms with E-state index in [1.165, 1.54) is 22.3 Å². The van der Waals surface area contributed by atoms with Crippen molar-refractivity contribution in [3.8, 4) is 62.1 Å². The maximum atomic E-state index is 6.78. The van der Waals surface area contributed by atoms with E-state index < -0.39 is 0 Å². The van der Waals surface area contributed by atoms with Crippen molar-refractivity contribution in [2.24, 2.45) is 0 Å². The van der Waals surface area contributed by atoms with E-state index >= 15 is 0 Å². The van der Waals surface area contributed by atoms with Crippen molar-refractivity contribution in [1.29, 1.82) is 0 Å². The van der Waals surface area contributed by atoms with Crippen LogP contribution in [-0.2, 0) is 5.41 Å². The number of furan rings is 1. The molecule has 1 aliphatic carbocycles. The average Bonchev–Trinajstić information content (AvgIpc) is 3.92. The zero-order valence-electron chi connectivity index (χ0n) is 32.5. The molecule has 0 bridgehead atoms. The molecule has 0 spiro atoms. The molecule has 11 aromatic rings. The highest BCUT2D eigenvalue weighted by molar-refractivity contribution is 6.16. The van der Waals surface area contributed by atoms with Gasteiger partial charge in [-0.25, -0.2) is 15.0 Å². The molecule has 1 aliphatic rings. The number of fused-ring (bicyclic) bond motifs is 9. The molecule has 0 saturated carbocycles. The molecular weight excluding hydrogens is 721 g/mol. The zero-order valence-corrected chi connectivity index (χ0v) is 32.5. The van der Waals surface area contributed by atoms with Gasteiger partial charge in [-0.2, -0.15) is 0 Å². The number of aromatic nitrogens is 4. The number of hydrogen-bond acceptors (Lipinski definition) is 4. The summed E-state index contributed by atoms with van der Waals surface area (Å²) in [5, 5.41) is 4.45. The first-order chi connectivity index (χ1) is 29.0. The predicted octanol–water partition coefficient (Wildman–Crippen LogP) is 13.8. The topological polar surface area (TPSA) is 56.7 Å². The molecule has 0 fully saturated rings. The van der Waals surface area contributed by atoms with Crippen molar-refractivity contribution in [3.05, 3.63) is 193 Å². The average molecular weight is 757 g/mol. The predicted molar refractivity (Wildman–Crippen MR) is 241 cm³/mol. The SMILES string of the molecule is CC1(C)c2ccccc2-c2ccc(-c3nc(-c4ccccc4)nc(-c4ccc5c(c4)c4ccccc4n5-c4cccc5c4oc4cccc(-c6ccccc6)c45)n3)cc21. The molecule has 3 heterocycles. The lowest BCUT2D eigenvalue weighted by molar-refractivity contribution is 0.660. The maximum absolute atomic E-state index is 6.78. The Morgan fingerprint density at radius 1 is 0.424 bits per heavy atom. The lowest BCUT2D eigenvalue weighted by Gasteiger charge is -2.21. The first kappa shape index (κ1) is 33.5. The van der Waals surface area contributed by atoms with Gasteiger partial charge < -0.3 is 8.98 Å². The van der Waals surface area contributed by atoms with Crippen LogP contribution in [0.3, 0.4) is 0 Å². The summed E-state index contributed by atoms with van der Waals surface area (Å²) in [5.41, 5.74) is 15.1. The van der Waals surface area contributed by atoms with Gasteiger partial charge in [0.2, 0.25) is 0 Å². The number of hydrogen-bond donors (Lipinski definition) is 0. The highest BCUT2D eigenvalue weighted by Gasteiger charge is 2.35. The third-order valence-corrected chi connectivity index (χ3v) is 12.3. The largest absolute Gasteiger partial charge is 0.454 e. The van der Waals surface area contributed by atoms with Crippen LogP contribution in [0, 0.1) is 0 Å². The molecule has 0 amide bonds. The van der Waals surface area contributed by atoms with Crippen molar-refractivity contribution in [3.63, 3.8) is 0 Å². The molecule has 0 radical (unpaired) electrons. The molecule has 0 atom stereocenters. The molecule has 0 saturated heterocycles. The molecule has 0 N–H and O–H groups in total. The summed E-state index contributed by atoms with van der Waals surface area (Å²) in [6, 6.07) is 64.1. The summed E-state index contributed by atoms with van der Waals surface area (Å²) in [7, 11) is 0. The molecule has 0 unspecified atom stereocenters. The second kappa shape index (κ2) is 12.7. The third kappa shape index (κ3) is 5.08. The number of benzene rings is 8. The fraction of sp³-hybridized carbons (Fsp3) is 0.0556. The third-order valence-electron chi connectivity index (χ3n) is 12.3. The molecule has 12 rings (SSSR count). The summed E-state index contributed by atoms with van der Waals surface area (Å²) < 4.78 is 9.12. The minimum absolute atomic E-state index is 0.143. The maximum Gasteiger partial charge on any atom is 0.164 e. The van der Waals surface area contributed by atoms with Crippen molar-refractivity contribution in [2.45, 2.75) is 19.3 Å². The van der Waals surface area contributed by atoms with Gasteiger partial charge in [0, 0.05) is 43.7 Å². The van der Waals surface area contributed by atoms with Gasteiger partial charge in [0.25, 0.3) is 0 Å². The van der Waals surface area contributed by atoms with Gasteiger partial charge in [-0.05, 0) is 75.8 Å². The lowest BCUT2D eigenvalue weighted by Crippen LogP contribution is -2.15. The smallest absolute Gasteiger partial charge is 0.164 e. The Morgan fingerprint density at radius 3 is 1.83 bits per heavy atom. The van der Waals surface area contributed by atoms with Gasteiger partial charge in [0.05, 0.1) is 16.7 Å². The van der Waals surface area contributed by atoms with Gasteiger partial charge >= 0.3 is 0 Å². The van der Waals surface area contributed by atoms with Crippen molar-refractivity contribution >= 4 is 43.7 Å². The first-order valence-electron chi connectivity index (χ1n) is 20.1. The summed E-state index contributed by atoms with van der Waals surface area (Å²) >= 11 is 0. The monoisotopic (exact) mass is 756 g/mol. The minimum Gasteiger partial charge on any atom is -0.454 e. The molecule has 0 aliphatic heterocycles. The van der Waals surface area contributed by atoms with Crippen molar-refractivity contribution in [2.75, 3.05) is 0 Å². The quantitative estimate of drug-likeness (QED) is 0.175. The van der Waals surface area contributed by atoms with Crippen LogP contribution in [0.25, 0.3) is 106 Å². The number of rotatable bonds is 5. The Morgan fingerprint density at radius 2 is 1.02 bits per heavy atom. The van der Waals surface area contributed by atoms with Gasteiger partial charge in [0.1, 0.15) is 5.58 Å². The van der Waals surface area contributed by atoms with E-state index in [4.69, 9.17) is 19.4 Å². The molecule has 5 nitrogen and oxygen atoms in total. The van der Waals surface area contributed by atoms with Crippen LogP contribution in [0.4, 0.5) is 0 Å². The van der Waals surface area contributed by atoms with Crippen LogP contribution < -0.4 is 0 Å². The van der Waals surface area contributed by atoms with Crippen LogP contribution in [0.5, 0.6) is 0 Å². The van der Waals surface area contributed by atoms with Crippen molar-refractivity contribution < 1.29 is 4.42 Å². The van der Waals surface area contributed by atoms with Crippen LogP contribution in [0.15, 0.2) is 186 Å². The molecular formula is C54H36N4O. The Labute approximate surface area is 340 Å². The molecule has 59 heavy (non-hydrogen) atoms. The Kier molecular flexibility index (Phi) is 7.20. The molecule has 5 heteroatoms. The highest BCUT2D eigenvalue weighted by atomic mass is 16.3. The van der Waals surface area contributed by atoms with E-state index in [2.05, 4.69) is 182 Å². The van der Waals surface area contributed by atoms with Gasteiger partial charge in [-0.3, -0.25) is 0 Å². The Bertz CT molecular complexity index is 3470. The van der Waals surface area contributed by atoms with E-state index in [-0.39, 0.29) is 5.41 Å². The van der Waals surface area contributed by atoms with Gasteiger partial charge in [0.15, 0.2) is 23.1 Å². The first-order valence-corrected chi connectivity index (χ1v) is 20.1. The van der Waals surface area contributed by atoms with Crippen LogP contribution in [-0.4, -0.2) is 19.5 Å². The zero-order chi connectivity index (χ0) is 39.2. The molecule has 8 aromatic carbocycles. The Hall–Kier alpha value is -7.63. The summed E-state index contributed by atoms with van der Waals surface area (Å²) in [6.07, 6.45) is 0. The van der Waals surface area contributed by atoms with Gasteiger partial charge in [-0.15, -0.1) is 0 Å². The molecule has 278 valence electrons. The van der Waals surface area contributed by atoms with E-state index in [9.17, 15) is 0 Å². The minimum atomic E-state index is -0.143. The van der Waals surface area contributed by atoms with E-state index in [0.29, 0.717) is 17.5 Å². The fourth-order valence-electron chi connectivity index (χ4n) is 9.43. The summed E-state index contributed by atoms with van der Waals surface area (Å²) in [4.78, 5) is 15.5. The second-order valence-corrected chi connectivity index (χ2v) is 16.0. The van der Waals surface area contributed by atoms with E-state index in [1.54, 1.807) is 0 Å². The van der Waals surface area contributed by atoms with E-state index in [1.807, 2.05) is 18.2 Å². The second-order valence-electron chi connectivity index (χ2n) is 16.0. The standard InChI is InChI=1S/C54H36N4O/c1-54(2)43-23-11-9-19-38(43)39-29-27-36(32-44(39)54)53-56-51(34-17-7-4-8-18-34)55-52(57-53)35-28-30-46-42(31-35)40-20-10-12-24-45(40)58(46)47-25-13-22-41-49-37(33-15-5-3-6-16-33)21-14-26-48(49)59-50(41)47/h3-32H,1-2H3. The fourth-order valence-corrected chi connectivity index (χ4v) is 9.43. The Balaban J connectivity index is 1.04. The van der Waals surface area contributed by atoms with E-state index in [0.717, 1.165) is 77.2 Å². The summed E-state index contributed by atoms with van der Waals surface area (Å²) in [5.74, 6) is 1.92. The van der Waals surface area contributed by atoms with Crippen molar-refractivity contribution in [1.82, 2.24) is 19.5 Å². The van der Waals surface area contributed by atoms with Crippen LogP contribution in [0.2, 0.25) is 0 Å². The normalized spacial score (nSPS) is 13.1. The molecule has 3 aromatic heterocycles. The highest BCUT2D eigenvalue weighted by Crippen LogP contribution is 2.49. The van der Waals surface area contributed by atoms with Gasteiger partial charge in [-0.1, -0.05) is 153 Å². The summed E-state index contributed by atoms with van der Waals surface area (Å²) in [6.45, 7) is 4.61.